The fourth-order valence-corrected chi connectivity index (χ4v) is 2.92. The van der Waals surface area contributed by atoms with E-state index in [1.807, 2.05) is 18.2 Å². The van der Waals surface area contributed by atoms with E-state index in [1.54, 1.807) is 0 Å². The Kier molecular flexibility index (Phi) is 5.68. The van der Waals surface area contributed by atoms with Gasteiger partial charge in [0.2, 0.25) is 5.91 Å². The van der Waals surface area contributed by atoms with E-state index < -0.39 is 5.54 Å². The number of nitrogens with zero attached hydrogens (tertiary/aromatic N) is 1. The molecule has 3 N–H and O–H groups in total. The Morgan fingerprint density at radius 2 is 2.09 bits per heavy atom. The Morgan fingerprint density at radius 1 is 1.35 bits per heavy atom. The van der Waals surface area contributed by atoms with Gasteiger partial charge < -0.3 is 20.4 Å². The number of ether oxygens (including phenoxy) is 1. The third-order valence-electron chi connectivity index (χ3n) is 4.33. The molecular formula is C17H24ClN3O2. The van der Waals surface area contributed by atoms with Gasteiger partial charge in [-0.15, -0.1) is 12.4 Å². The molecule has 1 fully saturated rings. The largest absolute Gasteiger partial charge is 0.381 e. The number of benzene rings is 1. The molecule has 3 rings (SSSR count). The summed E-state index contributed by atoms with van der Waals surface area (Å²) in [6.07, 6.45) is 4.29. The van der Waals surface area contributed by atoms with Gasteiger partial charge in [-0.1, -0.05) is 13.0 Å². The van der Waals surface area contributed by atoms with Crippen LogP contribution in [0.2, 0.25) is 0 Å². The Labute approximate surface area is 142 Å². The second kappa shape index (κ2) is 7.34. The van der Waals surface area contributed by atoms with E-state index in [2.05, 4.69) is 29.1 Å². The van der Waals surface area contributed by atoms with Crippen LogP contribution in [0.3, 0.4) is 0 Å². The fraction of sp³-hybridized carbons (Fsp3) is 0.471. The molecule has 1 aliphatic rings. The summed E-state index contributed by atoms with van der Waals surface area (Å²) in [5, 5.41) is 4.15. The molecule has 0 unspecified atom stereocenters. The number of hydrogen-bond donors (Lipinski definition) is 2. The van der Waals surface area contributed by atoms with Crippen molar-refractivity contribution in [2.24, 2.45) is 5.73 Å². The molecule has 2 heterocycles. The highest BCUT2D eigenvalue weighted by Gasteiger charge is 2.35. The maximum atomic E-state index is 12.5. The van der Waals surface area contributed by atoms with Crippen LogP contribution in [0.5, 0.6) is 0 Å². The monoisotopic (exact) mass is 337 g/mol. The van der Waals surface area contributed by atoms with Crippen LogP contribution in [0.15, 0.2) is 30.5 Å². The first-order chi connectivity index (χ1) is 10.6. The Morgan fingerprint density at radius 3 is 2.78 bits per heavy atom. The minimum atomic E-state index is -0.821. The van der Waals surface area contributed by atoms with E-state index >= 15 is 0 Å². The van der Waals surface area contributed by atoms with Crippen molar-refractivity contribution in [3.8, 4) is 0 Å². The van der Waals surface area contributed by atoms with Gasteiger partial charge in [-0.2, -0.15) is 0 Å². The van der Waals surface area contributed by atoms with E-state index in [1.165, 1.54) is 5.39 Å². The van der Waals surface area contributed by atoms with Crippen LogP contribution in [0.4, 0.5) is 5.69 Å². The maximum absolute atomic E-state index is 12.5. The predicted molar refractivity (Wildman–Crippen MR) is 95.1 cm³/mol. The summed E-state index contributed by atoms with van der Waals surface area (Å²) >= 11 is 0. The minimum Gasteiger partial charge on any atom is -0.381 e. The summed E-state index contributed by atoms with van der Waals surface area (Å²) in [6, 6.07) is 8.08. The lowest BCUT2D eigenvalue weighted by Crippen LogP contribution is -2.54. The second-order valence-corrected chi connectivity index (χ2v) is 6.01. The van der Waals surface area contributed by atoms with E-state index in [-0.39, 0.29) is 18.3 Å². The van der Waals surface area contributed by atoms with Crippen LogP contribution >= 0.6 is 12.4 Å². The van der Waals surface area contributed by atoms with E-state index in [4.69, 9.17) is 10.5 Å². The van der Waals surface area contributed by atoms with Gasteiger partial charge in [0.1, 0.15) is 5.54 Å². The van der Waals surface area contributed by atoms with Gasteiger partial charge >= 0.3 is 0 Å². The lowest BCUT2D eigenvalue weighted by molar-refractivity contribution is -0.124. The lowest BCUT2D eigenvalue weighted by atomic mass is 9.90. The molecular weight excluding hydrogens is 314 g/mol. The normalized spacial score (nSPS) is 16.8. The molecule has 1 aromatic heterocycles. The molecule has 0 aliphatic carbocycles. The number of carbonyl (C=O) groups is 1. The zero-order chi connectivity index (χ0) is 15.6. The van der Waals surface area contributed by atoms with Crippen molar-refractivity contribution in [3.63, 3.8) is 0 Å². The Balaban J connectivity index is 0.00000192. The molecule has 1 amide bonds. The lowest BCUT2D eigenvalue weighted by Gasteiger charge is -2.31. The summed E-state index contributed by atoms with van der Waals surface area (Å²) < 4.78 is 7.50. The standard InChI is InChI=1S/C17H23N3O2.ClH/c1-2-8-20-9-5-13-3-4-14(12-15(13)20)19-16(21)17(18)6-10-22-11-7-17;/h3-5,9,12H,2,6-8,10-11,18H2,1H3,(H,19,21);1H. The summed E-state index contributed by atoms with van der Waals surface area (Å²) in [7, 11) is 0. The highest BCUT2D eigenvalue weighted by atomic mass is 35.5. The number of fused-ring (bicyclic) bond motifs is 1. The average molecular weight is 338 g/mol. The van der Waals surface area contributed by atoms with Gasteiger partial charge in [-0.3, -0.25) is 4.79 Å². The molecule has 23 heavy (non-hydrogen) atoms. The number of hydrogen-bond acceptors (Lipinski definition) is 3. The number of halogens is 1. The van der Waals surface area contributed by atoms with Crippen LogP contribution < -0.4 is 11.1 Å². The van der Waals surface area contributed by atoms with Crippen LogP contribution in [-0.4, -0.2) is 29.2 Å². The van der Waals surface area contributed by atoms with Gasteiger partial charge in [0, 0.05) is 31.6 Å². The molecule has 0 atom stereocenters. The molecule has 1 saturated heterocycles. The first-order valence-corrected chi connectivity index (χ1v) is 7.89. The van der Waals surface area contributed by atoms with Crippen molar-refractivity contribution in [2.75, 3.05) is 18.5 Å². The minimum absolute atomic E-state index is 0. The third-order valence-corrected chi connectivity index (χ3v) is 4.33. The molecule has 0 radical (unpaired) electrons. The summed E-state index contributed by atoms with van der Waals surface area (Å²) in [5.74, 6) is -0.122. The van der Waals surface area contributed by atoms with Crippen molar-refractivity contribution in [1.29, 1.82) is 0 Å². The SMILES string of the molecule is CCCn1ccc2ccc(NC(=O)C3(N)CCOCC3)cc21.Cl. The van der Waals surface area contributed by atoms with Crippen LogP contribution in [0, 0.1) is 0 Å². The number of aromatic nitrogens is 1. The van der Waals surface area contributed by atoms with Gasteiger partial charge in [0.15, 0.2) is 0 Å². The maximum Gasteiger partial charge on any atom is 0.244 e. The van der Waals surface area contributed by atoms with Gasteiger partial charge in [0.25, 0.3) is 0 Å². The van der Waals surface area contributed by atoms with E-state index in [0.717, 1.165) is 24.2 Å². The molecule has 5 nitrogen and oxygen atoms in total. The van der Waals surface area contributed by atoms with Crippen LogP contribution in [0.1, 0.15) is 26.2 Å². The molecule has 0 bridgehead atoms. The van der Waals surface area contributed by atoms with Gasteiger partial charge in [-0.25, -0.2) is 0 Å². The molecule has 6 heteroatoms. The first-order valence-electron chi connectivity index (χ1n) is 7.89. The number of carbonyl (C=O) groups excluding carboxylic acids is 1. The zero-order valence-electron chi connectivity index (χ0n) is 13.4. The average Bonchev–Trinajstić information content (AvgIpc) is 2.91. The number of aryl methyl sites for hydroxylation is 1. The highest BCUT2D eigenvalue weighted by molar-refractivity contribution is 5.99. The number of nitrogens with one attached hydrogen (secondary N) is 1. The number of rotatable bonds is 4. The predicted octanol–water partition coefficient (Wildman–Crippen LogP) is 2.92. The third kappa shape index (κ3) is 3.68. The van der Waals surface area contributed by atoms with Gasteiger partial charge in [-0.05, 0) is 42.8 Å². The second-order valence-electron chi connectivity index (χ2n) is 6.01. The zero-order valence-corrected chi connectivity index (χ0v) is 14.2. The topological polar surface area (TPSA) is 69.3 Å². The molecule has 1 aliphatic heterocycles. The van der Waals surface area contributed by atoms with Crippen molar-refractivity contribution in [1.82, 2.24) is 4.57 Å². The van der Waals surface area contributed by atoms with Crippen molar-refractivity contribution < 1.29 is 9.53 Å². The molecule has 0 saturated carbocycles. The van der Waals surface area contributed by atoms with Crippen molar-refractivity contribution >= 4 is 34.9 Å². The quantitative estimate of drug-likeness (QED) is 0.901. The number of anilines is 1. The molecule has 1 aromatic carbocycles. The summed E-state index contributed by atoms with van der Waals surface area (Å²) in [6.45, 7) is 4.21. The smallest absolute Gasteiger partial charge is 0.244 e. The van der Waals surface area contributed by atoms with E-state index in [9.17, 15) is 4.79 Å². The van der Waals surface area contributed by atoms with E-state index in [0.29, 0.717) is 26.1 Å². The van der Waals surface area contributed by atoms with Crippen LogP contribution in [-0.2, 0) is 16.1 Å². The summed E-state index contributed by atoms with van der Waals surface area (Å²) in [5.41, 5.74) is 7.34. The van der Waals surface area contributed by atoms with Gasteiger partial charge in [0.05, 0.1) is 5.52 Å². The van der Waals surface area contributed by atoms with Crippen molar-refractivity contribution in [2.45, 2.75) is 38.3 Å². The summed E-state index contributed by atoms with van der Waals surface area (Å²) in [4.78, 5) is 12.5. The van der Waals surface area contributed by atoms with Crippen molar-refractivity contribution in [3.05, 3.63) is 30.5 Å². The first kappa shape index (κ1) is 17.8. The van der Waals surface area contributed by atoms with Crippen LogP contribution in [0.25, 0.3) is 10.9 Å². The number of nitrogens with two attached hydrogens (primary N) is 1. The molecule has 0 spiro atoms. The number of amides is 1. The molecule has 2 aromatic rings. The fourth-order valence-electron chi connectivity index (χ4n) is 2.92. The Hall–Kier alpha value is -1.56. The highest BCUT2D eigenvalue weighted by Crippen LogP contribution is 2.24. The molecule has 126 valence electrons. The Bertz CT molecular complexity index is 678.